The molecule has 0 atom stereocenters. The fraction of sp³-hybridized carbons (Fsp3) is 0.318. The number of ether oxygens (including phenoxy) is 2. The highest BCUT2D eigenvalue weighted by Gasteiger charge is 2.22. The molecule has 1 aliphatic rings. The van der Waals surface area contributed by atoms with Crippen LogP contribution in [0.5, 0.6) is 5.75 Å². The summed E-state index contributed by atoms with van der Waals surface area (Å²) >= 11 is 1.31. The maximum absolute atomic E-state index is 12.4. The Morgan fingerprint density at radius 3 is 2.73 bits per heavy atom. The molecular weight excluding hydrogens is 406 g/mol. The number of nitrogens with one attached hydrogen (secondary N) is 1. The minimum atomic E-state index is -0.495. The Hall–Kier alpha value is -3.13. The zero-order valence-corrected chi connectivity index (χ0v) is 17.7. The monoisotopic (exact) mass is 427 g/mol. The van der Waals surface area contributed by atoms with Gasteiger partial charge in [0.25, 0.3) is 5.91 Å². The fourth-order valence-electron chi connectivity index (χ4n) is 3.73. The maximum Gasteiger partial charge on any atom is 0.341 e. The van der Waals surface area contributed by atoms with E-state index in [4.69, 9.17) is 13.9 Å². The van der Waals surface area contributed by atoms with Crippen molar-refractivity contribution in [2.24, 2.45) is 0 Å². The molecule has 8 heteroatoms. The highest BCUT2D eigenvalue weighted by atomic mass is 32.1. The van der Waals surface area contributed by atoms with Gasteiger partial charge in [-0.05, 0) is 56.4 Å². The number of rotatable bonds is 5. The number of esters is 1. The van der Waals surface area contributed by atoms with Crippen molar-refractivity contribution in [1.29, 1.82) is 0 Å². The summed E-state index contributed by atoms with van der Waals surface area (Å²) in [5, 5.41) is 4.06. The third-order valence-corrected chi connectivity index (χ3v) is 6.47. The minimum absolute atomic E-state index is 0.253. The molecule has 0 radical (unpaired) electrons. The number of methoxy groups -OCH3 is 1. The van der Waals surface area contributed by atoms with Crippen molar-refractivity contribution in [3.63, 3.8) is 0 Å². The van der Waals surface area contributed by atoms with E-state index in [0.717, 1.165) is 46.2 Å². The van der Waals surface area contributed by atoms with Crippen LogP contribution >= 0.6 is 11.3 Å². The second-order valence-corrected chi connectivity index (χ2v) is 8.40. The van der Waals surface area contributed by atoms with Crippen LogP contribution in [0.3, 0.4) is 0 Å². The van der Waals surface area contributed by atoms with E-state index >= 15 is 0 Å². The summed E-state index contributed by atoms with van der Waals surface area (Å²) in [5.41, 5.74) is 3.09. The van der Waals surface area contributed by atoms with Gasteiger partial charge in [-0.2, -0.15) is 0 Å². The lowest BCUT2D eigenvalue weighted by Crippen LogP contribution is -2.21. The molecule has 4 rings (SSSR count). The lowest BCUT2D eigenvalue weighted by molar-refractivity contribution is -0.118. The first kappa shape index (κ1) is 20.2. The van der Waals surface area contributed by atoms with Crippen molar-refractivity contribution in [3.05, 3.63) is 55.8 Å². The van der Waals surface area contributed by atoms with Crippen LogP contribution in [0.4, 0.5) is 5.00 Å². The first-order valence-corrected chi connectivity index (χ1v) is 10.4. The SMILES string of the molecule is COC(=O)c1c(NC(=O)COc2ccc3c4c(c(=O)oc3c2)CCC4)sc(C)c1C. The van der Waals surface area contributed by atoms with E-state index in [0.29, 0.717) is 21.9 Å². The molecule has 0 aliphatic heterocycles. The molecule has 1 N–H and O–H groups in total. The summed E-state index contributed by atoms with van der Waals surface area (Å²) < 4.78 is 15.8. The Labute approximate surface area is 176 Å². The summed E-state index contributed by atoms with van der Waals surface area (Å²) in [4.78, 5) is 37.5. The van der Waals surface area contributed by atoms with Gasteiger partial charge >= 0.3 is 11.6 Å². The molecule has 3 aromatic rings. The van der Waals surface area contributed by atoms with Crippen molar-refractivity contribution < 1.29 is 23.5 Å². The van der Waals surface area contributed by atoms with Gasteiger partial charge in [-0.3, -0.25) is 4.79 Å². The number of fused-ring (bicyclic) bond motifs is 3. The predicted molar refractivity (Wildman–Crippen MR) is 114 cm³/mol. The molecule has 1 aromatic carbocycles. The maximum atomic E-state index is 12.4. The molecule has 0 saturated carbocycles. The van der Waals surface area contributed by atoms with Crippen molar-refractivity contribution in [1.82, 2.24) is 0 Å². The Bertz CT molecular complexity index is 1220. The van der Waals surface area contributed by atoms with Gasteiger partial charge in [0, 0.05) is 21.9 Å². The molecule has 0 unspecified atom stereocenters. The van der Waals surface area contributed by atoms with Gasteiger partial charge in [0.05, 0.1) is 12.7 Å². The molecule has 0 spiro atoms. The Kier molecular flexibility index (Phi) is 5.34. The molecule has 1 amide bonds. The molecule has 0 fully saturated rings. The normalized spacial score (nSPS) is 12.6. The van der Waals surface area contributed by atoms with Gasteiger partial charge in [-0.15, -0.1) is 11.3 Å². The molecule has 0 bridgehead atoms. The number of benzene rings is 1. The van der Waals surface area contributed by atoms with Crippen molar-refractivity contribution in [2.45, 2.75) is 33.1 Å². The van der Waals surface area contributed by atoms with Crippen LogP contribution in [0.1, 0.15) is 38.3 Å². The van der Waals surface area contributed by atoms with Crippen LogP contribution in [0, 0.1) is 13.8 Å². The van der Waals surface area contributed by atoms with Crippen LogP contribution in [0.15, 0.2) is 27.4 Å². The van der Waals surface area contributed by atoms with Gasteiger partial charge in [-0.25, -0.2) is 9.59 Å². The Morgan fingerprint density at radius 1 is 1.20 bits per heavy atom. The summed E-state index contributed by atoms with van der Waals surface area (Å²) in [6.45, 7) is 3.43. The first-order chi connectivity index (χ1) is 14.4. The molecule has 1 aliphatic carbocycles. The lowest BCUT2D eigenvalue weighted by Gasteiger charge is -2.09. The topological polar surface area (TPSA) is 94.8 Å². The second kappa shape index (κ2) is 7.95. The highest BCUT2D eigenvalue weighted by molar-refractivity contribution is 7.16. The average molecular weight is 427 g/mol. The van der Waals surface area contributed by atoms with E-state index in [2.05, 4.69) is 5.32 Å². The molecular formula is C22H21NO6S. The number of carbonyl (C=O) groups is 2. The fourth-order valence-corrected chi connectivity index (χ4v) is 4.79. The van der Waals surface area contributed by atoms with Gasteiger partial charge < -0.3 is 19.2 Å². The molecule has 30 heavy (non-hydrogen) atoms. The smallest absolute Gasteiger partial charge is 0.341 e. The van der Waals surface area contributed by atoms with Gasteiger partial charge in [0.2, 0.25) is 0 Å². The van der Waals surface area contributed by atoms with Crippen molar-refractivity contribution >= 4 is 39.2 Å². The van der Waals surface area contributed by atoms with Gasteiger partial charge in [0.15, 0.2) is 6.61 Å². The molecule has 2 aromatic heterocycles. The Balaban J connectivity index is 1.49. The number of hydrogen-bond acceptors (Lipinski definition) is 7. The average Bonchev–Trinajstić information content (AvgIpc) is 3.32. The lowest BCUT2D eigenvalue weighted by atomic mass is 10.1. The van der Waals surface area contributed by atoms with Crippen LogP contribution in [0.2, 0.25) is 0 Å². The van der Waals surface area contributed by atoms with E-state index in [-0.39, 0.29) is 12.2 Å². The number of carbonyl (C=O) groups excluding carboxylic acids is 2. The first-order valence-electron chi connectivity index (χ1n) is 9.58. The number of amides is 1. The second-order valence-electron chi connectivity index (χ2n) is 7.17. The van der Waals surface area contributed by atoms with E-state index in [1.54, 1.807) is 12.1 Å². The summed E-state index contributed by atoms with van der Waals surface area (Å²) in [7, 11) is 1.30. The predicted octanol–water partition coefficient (Wildman–Crippen LogP) is 3.76. The third kappa shape index (κ3) is 3.59. The molecule has 156 valence electrons. The van der Waals surface area contributed by atoms with Gasteiger partial charge in [0.1, 0.15) is 16.3 Å². The van der Waals surface area contributed by atoms with E-state index in [9.17, 15) is 14.4 Å². The van der Waals surface area contributed by atoms with Gasteiger partial charge in [-0.1, -0.05) is 0 Å². The number of thiophene rings is 1. The van der Waals surface area contributed by atoms with Crippen molar-refractivity contribution in [3.8, 4) is 5.75 Å². The zero-order chi connectivity index (χ0) is 21.4. The van der Waals surface area contributed by atoms with E-state index in [1.807, 2.05) is 19.9 Å². The third-order valence-electron chi connectivity index (χ3n) is 5.34. The largest absolute Gasteiger partial charge is 0.484 e. The Morgan fingerprint density at radius 2 is 1.97 bits per heavy atom. The van der Waals surface area contributed by atoms with E-state index < -0.39 is 11.9 Å². The molecule has 2 heterocycles. The zero-order valence-electron chi connectivity index (χ0n) is 16.9. The molecule has 7 nitrogen and oxygen atoms in total. The summed E-state index contributed by atoms with van der Waals surface area (Å²) in [6.07, 6.45) is 2.57. The van der Waals surface area contributed by atoms with Crippen LogP contribution in [-0.2, 0) is 22.4 Å². The number of aryl methyl sites for hydroxylation is 2. The summed E-state index contributed by atoms with van der Waals surface area (Å²) in [5.74, 6) is -0.479. The van der Waals surface area contributed by atoms with Crippen LogP contribution in [0.25, 0.3) is 11.0 Å². The van der Waals surface area contributed by atoms with Crippen LogP contribution in [-0.4, -0.2) is 25.6 Å². The van der Waals surface area contributed by atoms with Crippen LogP contribution < -0.4 is 15.7 Å². The molecule has 0 saturated heterocycles. The standard InChI is InChI=1S/C22H21NO6S/c1-11-12(2)30-20(19(11)22(26)27-3)23-18(24)10-28-13-7-8-15-14-5-4-6-16(14)21(25)29-17(15)9-13/h7-9H,4-6,10H2,1-3H3,(H,23,24). The number of anilines is 1. The van der Waals surface area contributed by atoms with E-state index in [1.165, 1.54) is 18.4 Å². The highest BCUT2D eigenvalue weighted by Crippen LogP contribution is 2.33. The quantitative estimate of drug-likeness (QED) is 0.492. The minimum Gasteiger partial charge on any atom is -0.484 e. The van der Waals surface area contributed by atoms with Crippen molar-refractivity contribution in [2.75, 3.05) is 19.0 Å². The number of hydrogen-bond donors (Lipinski definition) is 1. The summed E-state index contributed by atoms with van der Waals surface area (Å²) in [6, 6.07) is 5.24.